The van der Waals surface area contributed by atoms with Gasteiger partial charge in [-0.3, -0.25) is 9.48 Å². The van der Waals surface area contributed by atoms with Gasteiger partial charge in [-0.05, 0) is 45.0 Å². The fourth-order valence-corrected chi connectivity index (χ4v) is 3.00. The molecule has 0 aliphatic rings. The van der Waals surface area contributed by atoms with E-state index in [1.165, 1.54) is 37.3 Å². The van der Waals surface area contributed by atoms with Crippen LogP contribution in [0.2, 0.25) is 0 Å². The van der Waals surface area contributed by atoms with E-state index >= 15 is 0 Å². The van der Waals surface area contributed by atoms with Crippen LogP contribution in [0.15, 0.2) is 35.2 Å². The lowest BCUT2D eigenvalue weighted by Gasteiger charge is -2.12. The van der Waals surface area contributed by atoms with E-state index in [1.54, 1.807) is 17.8 Å². The molecule has 0 unspecified atom stereocenters. The molecular weight excluding hydrogens is 384 g/mol. The number of rotatable bonds is 6. The number of amides is 1. The highest BCUT2D eigenvalue weighted by atomic mass is 32.2. The standard InChI is InChI=1S/C18H22N4O5S/c1-11-16(12(2)22(4)21-11)8-9-17(23)27-13(3)18(24)20-14-6-5-7-15(10-14)28(19,25)26/h5-10,13H,1-4H3,(H,20,24)(H2,19,25,26)/b9-8+/t13-/m1/s1. The Morgan fingerprint density at radius 2 is 2.00 bits per heavy atom. The van der Waals surface area contributed by atoms with Crippen molar-refractivity contribution >= 4 is 33.7 Å². The SMILES string of the molecule is Cc1nn(C)c(C)c1/C=C/C(=O)O[C@H](C)C(=O)Nc1cccc(S(N)(=O)=O)c1. The second-order valence-corrected chi connectivity index (χ2v) is 7.74. The summed E-state index contributed by atoms with van der Waals surface area (Å²) >= 11 is 0. The number of primary sulfonamides is 1. The van der Waals surface area contributed by atoms with Gasteiger partial charge in [0, 0.05) is 30.1 Å². The number of hydrogen-bond acceptors (Lipinski definition) is 6. The predicted octanol–water partition coefficient (Wildman–Crippen LogP) is 1.27. The van der Waals surface area contributed by atoms with Crippen molar-refractivity contribution in [1.29, 1.82) is 0 Å². The first-order valence-corrected chi connectivity index (χ1v) is 9.86. The minimum absolute atomic E-state index is 0.139. The highest BCUT2D eigenvalue weighted by Crippen LogP contribution is 2.15. The molecule has 0 aliphatic heterocycles. The van der Waals surface area contributed by atoms with Crippen molar-refractivity contribution in [2.24, 2.45) is 12.2 Å². The second kappa shape index (κ2) is 8.36. The molecule has 2 aromatic rings. The molecule has 2 rings (SSSR count). The van der Waals surface area contributed by atoms with Crippen LogP contribution in [-0.4, -0.2) is 36.2 Å². The Bertz CT molecular complexity index is 1040. The van der Waals surface area contributed by atoms with Crippen molar-refractivity contribution in [2.75, 3.05) is 5.32 Å². The average Bonchev–Trinajstić information content (AvgIpc) is 2.84. The average molecular weight is 406 g/mol. The zero-order valence-electron chi connectivity index (χ0n) is 16.0. The zero-order valence-corrected chi connectivity index (χ0v) is 16.8. The Hall–Kier alpha value is -2.98. The van der Waals surface area contributed by atoms with Crippen LogP contribution in [0.5, 0.6) is 0 Å². The zero-order chi connectivity index (χ0) is 21.1. The van der Waals surface area contributed by atoms with Crippen molar-refractivity contribution in [3.8, 4) is 0 Å². The van der Waals surface area contributed by atoms with E-state index < -0.39 is 28.0 Å². The predicted molar refractivity (Wildman–Crippen MR) is 104 cm³/mol. The number of nitrogens with one attached hydrogen (secondary N) is 1. The molecule has 3 N–H and O–H groups in total. The maximum Gasteiger partial charge on any atom is 0.331 e. The summed E-state index contributed by atoms with van der Waals surface area (Å²) in [5.41, 5.74) is 2.68. The highest BCUT2D eigenvalue weighted by Gasteiger charge is 2.18. The molecule has 0 saturated heterocycles. The fourth-order valence-electron chi connectivity index (χ4n) is 2.44. The first kappa shape index (κ1) is 21.3. The lowest BCUT2D eigenvalue weighted by Crippen LogP contribution is -2.29. The Labute approximate surface area is 163 Å². The van der Waals surface area contributed by atoms with Gasteiger partial charge >= 0.3 is 5.97 Å². The van der Waals surface area contributed by atoms with E-state index in [0.29, 0.717) is 0 Å². The topological polar surface area (TPSA) is 133 Å². The van der Waals surface area contributed by atoms with Crippen LogP contribution >= 0.6 is 0 Å². The van der Waals surface area contributed by atoms with Crippen molar-refractivity contribution in [3.63, 3.8) is 0 Å². The molecule has 1 atom stereocenters. The normalized spacial score (nSPS) is 12.8. The second-order valence-electron chi connectivity index (χ2n) is 6.18. The summed E-state index contributed by atoms with van der Waals surface area (Å²) in [6.07, 6.45) is 1.72. The number of nitrogens with zero attached hydrogens (tertiary/aromatic N) is 2. The maximum absolute atomic E-state index is 12.2. The van der Waals surface area contributed by atoms with Crippen molar-refractivity contribution in [3.05, 3.63) is 47.3 Å². The summed E-state index contributed by atoms with van der Waals surface area (Å²) in [7, 11) is -2.09. The van der Waals surface area contributed by atoms with Gasteiger partial charge in [0.15, 0.2) is 6.10 Å². The number of aromatic nitrogens is 2. The number of carbonyl (C=O) groups excluding carboxylic acids is 2. The van der Waals surface area contributed by atoms with Gasteiger partial charge in [-0.1, -0.05) is 6.07 Å². The molecule has 0 spiro atoms. The third-order valence-corrected chi connectivity index (χ3v) is 4.95. The highest BCUT2D eigenvalue weighted by molar-refractivity contribution is 7.89. The van der Waals surface area contributed by atoms with E-state index in [4.69, 9.17) is 9.88 Å². The Morgan fingerprint density at radius 3 is 2.57 bits per heavy atom. The van der Waals surface area contributed by atoms with Crippen molar-refractivity contribution in [2.45, 2.75) is 31.8 Å². The largest absolute Gasteiger partial charge is 0.449 e. The van der Waals surface area contributed by atoms with Crippen LogP contribution in [0.3, 0.4) is 0 Å². The number of anilines is 1. The molecule has 10 heteroatoms. The number of nitrogens with two attached hydrogens (primary N) is 1. The van der Waals surface area contributed by atoms with Crippen molar-refractivity contribution in [1.82, 2.24) is 9.78 Å². The van der Waals surface area contributed by atoms with Crippen LogP contribution in [-0.2, 0) is 31.4 Å². The van der Waals surface area contributed by atoms with Gasteiger partial charge in [-0.25, -0.2) is 18.4 Å². The van der Waals surface area contributed by atoms with E-state index in [9.17, 15) is 18.0 Å². The van der Waals surface area contributed by atoms with Crippen molar-refractivity contribution < 1.29 is 22.7 Å². The van der Waals surface area contributed by atoms with Crippen LogP contribution in [0.4, 0.5) is 5.69 Å². The third kappa shape index (κ3) is 5.27. The Kier molecular flexibility index (Phi) is 6.37. The molecule has 28 heavy (non-hydrogen) atoms. The summed E-state index contributed by atoms with van der Waals surface area (Å²) in [6, 6.07) is 5.46. The van der Waals surface area contributed by atoms with Gasteiger partial charge in [0.2, 0.25) is 10.0 Å². The summed E-state index contributed by atoms with van der Waals surface area (Å²) in [4.78, 5) is 24.0. The van der Waals surface area contributed by atoms with E-state index in [-0.39, 0.29) is 10.6 Å². The minimum atomic E-state index is -3.89. The minimum Gasteiger partial charge on any atom is -0.449 e. The molecule has 1 aromatic heterocycles. The van der Waals surface area contributed by atoms with E-state index in [2.05, 4.69) is 10.4 Å². The molecule has 0 bridgehead atoms. The van der Waals surface area contributed by atoms with Gasteiger partial charge in [0.25, 0.3) is 5.91 Å². The van der Waals surface area contributed by atoms with Gasteiger partial charge in [0.05, 0.1) is 10.6 Å². The lowest BCUT2D eigenvalue weighted by atomic mass is 10.2. The molecule has 0 aliphatic carbocycles. The quantitative estimate of drug-likeness (QED) is 0.548. The molecule has 0 fully saturated rings. The van der Waals surface area contributed by atoms with Crippen LogP contribution in [0.1, 0.15) is 23.9 Å². The fraction of sp³-hybridized carbons (Fsp3) is 0.278. The number of sulfonamides is 1. The van der Waals surface area contributed by atoms with E-state index in [0.717, 1.165) is 17.0 Å². The van der Waals surface area contributed by atoms with Gasteiger partial charge in [-0.15, -0.1) is 0 Å². The summed E-state index contributed by atoms with van der Waals surface area (Å²) in [6.45, 7) is 5.10. The smallest absolute Gasteiger partial charge is 0.331 e. The molecule has 1 heterocycles. The number of ether oxygens (including phenoxy) is 1. The number of carbonyl (C=O) groups is 2. The maximum atomic E-state index is 12.2. The summed E-state index contributed by atoms with van der Waals surface area (Å²) in [5, 5.41) is 11.8. The Balaban J connectivity index is 2.00. The first-order chi connectivity index (χ1) is 13.0. The van der Waals surface area contributed by atoms with Crippen LogP contribution < -0.4 is 10.5 Å². The van der Waals surface area contributed by atoms with E-state index in [1.807, 2.05) is 13.8 Å². The first-order valence-electron chi connectivity index (χ1n) is 8.31. The molecule has 9 nitrogen and oxygen atoms in total. The number of esters is 1. The molecule has 0 saturated carbocycles. The Morgan fingerprint density at radius 1 is 1.32 bits per heavy atom. The van der Waals surface area contributed by atoms with Crippen LogP contribution in [0, 0.1) is 13.8 Å². The monoisotopic (exact) mass is 406 g/mol. The molecule has 1 amide bonds. The van der Waals surface area contributed by atoms with Gasteiger partial charge in [0.1, 0.15) is 0 Å². The number of aryl methyl sites for hydroxylation is 2. The third-order valence-electron chi connectivity index (χ3n) is 4.04. The molecule has 0 radical (unpaired) electrons. The number of hydrogen-bond donors (Lipinski definition) is 2. The summed E-state index contributed by atoms with van der Waals surface area (Å²) in [5.74, 6) is -1.30. The number of benzene rings is 1. The molecule has 150 valence electrons. The molecular formula is C18H22N4O5S. The molecule has 1 aromatic carbocycles. The van der Waals surface area contributed by atoms with Crippen LogP contribution in [0.25, 0.3) is 6.08 Å². The lowest BCUT2D eigenvalue weighted by molar-refractivity contribution is -0.148. The summed E-state index contributed by atoms with van der Waals surface area (Å²) < 4.78 is 29.5. The van der Waals surface area contributed by atoms with Gasteiger partial charge in [-0.2, -0.15) is 5.10 Å². The van der Waals surface area contributed by atoms with Gasteiger partial charge < -0.3 is 10.1 Å².